The predicted molar refractivity (Wildman–Crippen MR) is 91.5 cm³/mol. The second-order valence-corrected chi connectivity index (χ2v) is 5.41. The Morgan fingerprint density at radius 3 is 2.42 bits per heavy atom. The Hall–Kier alpha value is -2.82. The fourth-order valence-corrected chi connectivity index (χ4v) is 2.26. The molecule has 2 rings (SSSR count). The van der Waals surface area contributed by atoms with Crippen LogP contribution >= 0.6 is 0 Å². The Kier molecular flexibility index (Phi) is 5.95. The van der Waals surface area contributed by atoms with Gasteiger partial charge in [0.15, 0.2) is 23.9 Å². The summed E-state index contributed by atoms with van der Waals surface area (Å²) in [4.78, 5) is 23.4. The van der Waals surface area contributed by atoms with Crippen molar-refractivity contribution >= 4 is 11.7 Å². The van der Waals surface area contributed by atoms with Gasteiger partial charge in [0, 0.05) is 5.56 Å². The van der Waals surface area contributed by atoms with Gasteiger partial charge in [0.05, 0.1) is 13.2 Å². The molecule has 0 aromatic heterocycles. The molecule has 24 heavy (non-hydrogen) atoms. The standard InChI is InChI=1S/C19H21NO4/c1-13(15-7-5-4-6-8-15)20-19(22)12-24-17-10-9-16(14(2)21)11-18(17)23-3/h4-11,13H,12H2,1-3H3,(H,20,22)/t13-/m1/s1. The van der Waals surface area contributed by atoms with E-state index in [0.29, 0.717) is 17.1 Å². The van der Waals surface area contributed by atoms with Gasteiger partial charge in [-0.05, 0) is 37.6 Å². The Labute approximate surface area is 141 Å². The maximum atomic E-state index is 12.0. The smallest absolute Gasteiger partial charge is 0.258 e. The number of methoxy groups -OCH3 is 1. The van der Waals surface area contributed by atoms with Gasteiger partial charge in [-0.3, -0.25) is 9.59 Å². The zero-order valence-electron chi connectivity index (χ0n) is 14.0. The summed E-state index contributed by atoms with van der Waals surface area (Å²) in [5.74, 6) is 0.551. The van der Waals surface area contributed by atoms with Gasteiger partial charge in [-0.25, -0.2) is 0 Å². The molecule has 0 fully saturated rings. The van der Waals surface area contributed by atoms with Gasteiger partial charge in [-0.15, -0.1) is 0 Å². The SMILES string of the molecule is COc1cc(C(C)=O)ccc1OCC(=O)N[C@H](C)c1ccccc1. The number of carbonyl (C=O) groups is 2. The molecule has 0 saturated carbocycles. The number of hydrogen-bond acceptors (Lipinski definition) is 4. The maximum Gasteiger partial charge on any atom is 0.258 e. The van der Waals surface area contributed by atoms with Crippen LogP contribution in [0.15, 0.2) is 48.5 Å². The first-order valence-electron chi connectivity index (χ1n) is 7.67. The fourth-order valence-electron chi connectivity index (χ4n) is 2.26. The van der Waals surface area contributed by atoms with Gasteiger partial charge in [0.25, 0.3) is 5.91 Å². The van der Waals surface area contributed by atoms with E-state index in [2.05, 4.69) is 5.32 Å². The molecule has 5 heteroatoms. The molecule has 126 valence electrons. The molecule has 1 amide bonds. The number of ether oxygens (including phenoxy) is 2. The summed E-state index contributed by atoms with van der Waals surface area (Å²) in [7, 11) is 1.49. The van der Waals surface area contributed by atoms with E-state index in [-0.39, 0.29) is 24.3 Å². The Balaban J connectivity index is 1.95. The zero-order valence-corrected chi connectivity index (χ0v) is 14.0. The van der Waals surface area contributed by atoms with Gasteiger partial charge in [0.1, 0.15) is 0 Å². The summed E-state index contributed by atoms with van der Waals surface area (Å²) in [5, 5.41) is 2.87. The van der Waals surface area contributed by atoms with Crippen LogP contribution in [0.5, 0.6) is 11.5 Å². The molecule has 2 aromatic rings. The number of ketones is 1. The normalized spacial score (nSPS) is 11.5. The summed E-state index contributed by atoms with van der Waals surface area (Å²) in [6.45, 7) is 3.26. The lowest BCUT2D eigenvalue weighted by atomic mass is 10.1. The van der Waals surface area contributed by atoms with Gasteiger partial charge in [-0.2, -0.15) is 0 Å². The van der Waals surface area contributed by atoms with Gasteiger partial charge in [-0.1, -0.05) is 30.3 Å². The highest BCUT2D eigenvalue weighted by molar-refractivity contribution is 5.94. The van der Waals surface area contributed by atoms with Crippen molar-refractivity contribution in [3.8, 4) is 11.5 Å². The van der Waals surface area contributed by atoms with Crippen LogP contribution in [0.1, 0.15) is 35.8 Å². The van der Waals surface area contributed by atoms with Crippen LogP contribution in [0.25, 0.3) is 0 Å². The monoisotopic (exact) mass is 327 g/mol. The Morgan fingerprint density at radius 1 is 1.08 bits per heavy atom. The number of nitrogens with one attached hydrogen (secondary N) is 1. The molecule has 0 aliphatic rings. The highest BCUT2D eigenvalue weighted by Crippen LogP contribution is 2.28. The number of Topliss-reactive ketones (excluding diaryl/α,β-unsaturated/α-hetero) is 1. The van der Waals surface area contributed by atoms with Crippen molar-refractivity contribution in [2.24, 2.45) is 0 Å². The third-order valence-electron chi connectivity index (χ3n) is 3.61. The van der Waals surface area contributed by atoms with Crippen LogP contribution in [0.2, 0.25) is 0 Å². The molecule has 0 spiro atoms. The van der Waals surface area contributed by atoms with E-state index < -0.39 is 0 Å². The minimum Gasteiger partial charge on any atom is -0.493 e. The molecule has 0 bridgehead atoms. The average molecular weight is 327 g/mol. The van der Waals surface area contributed by atoms with Gasteiger partial charge >= 0.3 is 0 Å². The van der Waals surface area contributed by atoms with Crippen molar-refractivity contribution in [3.63, 3.8) is 0 Å². The maximum absolute atomic E-state index is 12.0. The molecule has 5 nitrogen and oxygen atoms in total. The molecule has 0 aliphatic carbocycles. The van der Waals surface area contributed by atoms with Crippen LogP contribution in [-0.4, -0.2) is 25.4 Å². The average Bonchev–Trinajstić information content (AvgIpc) is 2.60. The van der Waals surface area contributed by atoms with E-state index in [0.717, 1.165) is 5.56 Å². The molecule has 0 radical (unpaired) electrons. The van der Waals surface area contributed by atoms with Crippen molar-refractivity contribution in [1.82, 2.24) is 5.32 Å². The fraction of sp³-hybridized carbons (Fsp3) is 0.263. The summed E-state index contributed by atoms with van der Waals surface area (Å²) < 4.78 is 10.7. The zero-order chi connectivity index (χ0) is 17.5. The van der Waals surface area contributed by atoms with Crippen LogP contribution in [0.3, 0.4) is 0 Å². The molecule has 0 saturated heterocycles. The summed E-state index contributed by atoms with van der Waals surface area (Å²) in [6, 6.07) is 14.5. The lowest BCUT2D eigenvalue weighted by molar-refractivity contribution is -0.123. The number of benzene rings is 2. The summed E-state index contributed by atoms with van der Waals surface area (Å²) >= 11 is 0. The quantitative estimate of drug-likeness (QED) is 0.794. The lowest BCUT2D eigenvalue weighted by Crippen LogP contribution is -2.31. The molecule has 0 aliphatic heterocycles. The van der Waals surface area contributed by atoms with E-state index >= 15 is 0 Å². The number of carbonyl (C=O) groups excluding carboxylic acids is 2. The van der Waals surface area contributed by atoms with Gasteiger partial charge in [0.2, 0.25) is 0 Å². The first-order chi connectivity index (χ1) is 11.5. The molecule has 1 N–H and O–H groups in total. The third-order valence-corrected chi connectivity index (χ3v) is 3.61. The van der Waals surface area contributed by atoms with E-state index in [1.807, 2.05) is 37.3 Å². The van der Waals surface area contributed by atoms with Crippen LogP contribution < -0.4 is 14.8 Å². The van der Waals surface area contributed by atoms with E-state index in [9.17, 15) is 9.59 Å². The minimum absolute atomic E-state index is 0.0609. The lowest BCUT2D eigenvalue weighted by Gasteiger charge is -2.15. The largest absolute Gasteiger partial charge is 0.493 e. The van der Waals surface area contributed by atoms with Crippen molar-refractivity contribution in [2.45, 2.75) is 19.9 Å². The highest BCUT2D eigenvalue weighted by Gasteiger charge is 2.12. The van der Waals surface area contributed by atoms with Gasteiger partial charge < -0.3 is 14.8 Å². The second-order valence-electron chi connectivity index (χ2n) is 5.41. The van der Waals surface area contributed by atoms with Crippen molar-refractivity contribution in [3.05, 3.63) is 59.7 Å². The molecule has 0 unspecified atom stereocenters. The van der Waals surface area contributed by atoms with Crippen LogP contribution in [0, 0.1) is 0 Å². The molecular formula is C19H21NO4. The van der Waals surface area contributed by atoms with Crippen LogP contribution in [-0.2, 0) is 4.79 Å². The van der Waals surface area contributed by atoms with E-state index in [1.54, 1.807) is 18.2 Å². The summed E-state index contributed by atoms with van der Waals surface area (Å²) in [5.41, 5.74) is 1.55. The molecule has 1 atom stereocenters. The number of hydrogen-bond donors (Lipinski definition) is 1. The molecule has 0 heterocycles. The van der Waals surface area contributed by atoms with Crippen molar-refractivity contribution in [1.29, 1.82) is 0 Å². The first kappa shape index (κ1) is 17.5. The van der Waals surface area contributed by atoms with E-state index in [4.69, 9.17) is 9.47 Å². The molecular weight excluding hydrogens is 306 g/mol. The number of rotatable bonds is 7. The number of amides is 1. The van der Waals surface area contributed by atoms with Crippen molar-refractivity contribution in [2.75, 3.05) is 13.7 Å². The first-order valence-corrected chi connectivity index (χ1v) is 7.67. The highest BCUT2D eigenvalue weighted by atomic mass is 16.5. The van der Waals surface area contributed by atoms with E-state index in [1.165, 1.54) is 14.0 Å². The van der Waals surface area contributed by atoms with Crippen molar-refractivity contribution < 1.29 is 19.1 Å². The Morgan fingerprint density at radius 2 is 1.79 bits per heavy atom. The molecule has 2 aromatic carbocycles. The summed E-state index contributed by atoms with van der Waals surface area (Å²) in [6.07, 6.45) is 0. The Bertz CT molecular complexity index is 713. The minimum atomic E-state index is -0.232. The predicted octanol–water partition coefficient (Wildman–Crippen LogP) is 3.15. The topological polar surface area (TPSA) is 64.6 Å². The van der Waals surface area contributed by atoms with Crippen LogP contribution in [0.4, 0.5) is 0 Å². The third kappa shape index (κ3) is 4.59. The second kappa shape index (κ2) is 8.15.